The molecule has 0 aliphatic rings. The zero-order valence-corrected chi connectivity index (χ0v) is 14.2. The Balaban J connectivity index is 1.85. The maximum absolute atomic E-state index is 12.7. The van der Waals surface area contributed by atoms with E-state index in [1.165, 1.54) is 23.0 Å². The van der Waals surface area contributed by atoms with E-state index in [-0.39, 0.29) is 0 Å². The Hall–Kier alpha value is -2.68. The van der Waals surface area contributed by atoms with Gasteiger partial charge in [0.05, 0.1) is 17.7 Å². The summed E-state index contributed by atoms with van der Waals surface area (Å²) >= 11 is 0. The highest BCUT2D eigenvalue weighted by molar-refractivity contribution is 5.46. The highest BCUT2D eigenvalue weighted by Crippen LogP contribution is 2.31. The van der Waals surface area contributed by atoms with E-state index < -0.39 is 23.9 Å². The van der Waals surface area contributed by atoms with Crippen LogP contribution < -0.4 is 5.32 Å². The van der Waals surface area contributed by atoms with Crippen LogP contribution in [0.5, 0.6) is 0 Å². The number of alkyl halides is 3. The monoisotopic (exact) mass is 365 g/mol. The van der Waals surface area contributed by atoms with Gasteiger partial charge in [0, 0.05) is 11.8 Å². The lowest BCUT2D eigenvalue weighted by Gasteiger charge is -2.24. The van der Waals surface area contributed by atoms with Crippen LogP contribution >= 0.6 is 0 Å². The lowest BCUT2D eigenvalue weighted by atomic mass is 9.99. The Morgan fingerprint density at radius 3 is 2.54 bits per heavy atom. The molecule has 1 aromatic carbocycles. The molecule has 3 rings (SSSR count). The van der Waals surface area contributed by atoms with Gasteiger partial charge < -0.3 is 10.4 Å². The van der Waals surface area contributed by atoms with Crippen LogP contribution in [0.15, 0.2) is 36.7 Å². The van der Waals surface area contributed by atoms with E-state index in [4.69, 9.17) is 0 Å². The highest BCUT2D eigenvalue weighted by atomic mass is 19.4. The van der Waals surface area contributed by atoms with Gasteiger partial charge in [-0.3, -0.25) is 0 Å². The third kappa shape index (κ3) is 3.62. The predicted octanol–water partition coefficient (Wildman–Crippen LogP) is 3.38. The largest absolute Gasteiger partial charge is 0.416 e. The summed E-state index contributed by atoms with van der Waals surface area (Å²) in [6.07, 6.45) is -3.48. The van der Waals surface area contributed by atoms with Crippen molar-refractivity contribution in [3.63, 3.8) is 0 Å². The Labute approximate surface area is 147 Å². The summed E-state index contributed by atoms with van der Waals surface area (Å²) in [7, 11) is 0. The first-order valence-electron chi connectivity index (χ1n) is 8.08. The number of hydrogen-bond acceptors (Lipinski definition) is 5. The number of nitrogens with zero attached hydrogens (tertiary/aromatic N) is 4. The van der Waals surface area contributed by atoms with Crippen molar-refractivity contribution in [2.75, 3.05) is 5.32 Å². The molecule has 0 amide bonds. The van der Waals surface area contributed by atoms with Gasteiger partial charge in [-0.2, -0.15) is 27.8 Å². The number of aromatic nitrogens is 4. The summed E-state index contributed by atoms with van der Waals surface area (Å²) < 4.78 is 39.6. The third-order valence-corrected chi connectivity index (χ3v) is 4.11. The van der Waals surface area contributed by atoms with Crippen molar-refractivity contribution in [1.29, 1.82) is 0 Å². The van der Waals surface area contributed by atoms with E-state index in [1.54, 1.807) is 6.07 Å². The van der Waals surface area contributed by atoms with E-state index in [0.717, 1.165) is 17.8 Å². The topological polar surface area (TPSA) is 75.3 Å². The first-order chi connectivity index (χ1) is 12.3. The molecule has 2 unspecified atom stereocenters. The van der Waals surface area contributed by atoms with E-state index in [2.05, 4.69) is 20.4 Å². The molecule has 138 valence electrons. The second-order valence-electron chi connectivity index (χ2n) is 5.98. The molecule has 0 aliphatic carbocycles. The zero-order chi connectivity index (χ0) is 18.9. The van der Waals surface area contributed by atoms with Crippen LogP contribution in [-0.4, -0.2) is 30.7 Å². The lowest BCUT2D eigenvalue weighted by Crippen LogP contribution is -2.28. The summed E-state index contributed by atoms with van der Waals surface area (Å²) in [6, 6.07) is 5.86. The molecule has 2 aromatic heterocycles. The lowest BCUT2D eigenvalue weighted by molar-refractivity contribution is -0.137. The maximum atomic E-state index is 12.7. The van der Waals surface area contributed by atoms with Gasteiger partial charge in [-0.25, -0.2) is 4.98 Å². The predicted molar refractivity (Wildman–Crippen MR) is 89.6 cm³/mol. The Morgan fingerprint density at radius 1 is 1.23 bits per heavy atom. The summed E-state index contributed by atoms with van der Waals surface area (Å²) in [5, 5.41) is 17.9. The fourth-order valence-electron chi connectivity index (χ4n) is 2.73. The highest BCUT2D eigenvalue weighted by Gasteiger charge is 2.30. The minimum absolute atomic E-state index is 0.401. The number of nitrogens with one attached hydrogen (secondary N) is 1. The molecule has 2 N–H and O–H groups in total. The normalized spacial score (nSPS) is 14.4. The van der Waals surface area contributed by atoms with Crippen LogP contribution in [0.2, 0.25) is 0 Å². The Bertz CT molecular complexity index is 892. The summed E-state index contributed by atoms with van der Waals surface area (Å²) in [5.41, 5.74) is 0.383. The van der Waals surface area contributed by atoms with E-state index in [9.17, 15) is 18.3 Å². The van der Waals surface area contributed by atoms with Crippen LogP contribution in [0.3, 0.4) is 0 Å². The first-order valence-corrected chi connectivity index (χ1v) is 8.08. The number of benzene rings is 1. The van der Waals surface area contributed by atoms with E-state index in [0.29, 0.717) is 23.6 Å². The summed E-state index contributed by atoms with van der Waals surface area (Å²) in [5.74, 6) is 1.02. The molecule has 2 heterocycles. The molecule has 0 saturated carbocycles. The van der Waals surface area contributed by atoms with Crippen LogP contribution in [-0.2, 0) is 6.18 Å². The molecule has 2 atom stereocenters. The molecule has 6 nitrogen and oxygen atoms in total. The summed E-state index contributed by atoms with van der Waals surface area (Å²) in [6.45, 7) is 3.69. The molecule has 0 fully saturated rings. The number of aryl methyl sites for hydroxylation is 1. The third-order valence-electron chi connectivity index (χ3n) is 4.11. The van der Waals surface area contributed by atoms with Crippen LogP contribution in [0, 0.1) is 6.92 Å². The molecule has 0 aliphatic heterocycles. The number of anilines is 1. The van der Waals surface area contributed by atoms with Crippen LogP contribution in [0.4, 0.5) is 19.0 Å². The Morgan fingerprint density at radius 2 is 1.92 bits per heavy atom. The molecule has 0 radical (unpaired) electrons. The molecular formula is C17H18F3N5O. The van der Waals surface area contributed by atoms with Crippen molar-refractivity contribution in [2.24, 2.45) is 0 Å². The van der Waals surface area contributed by atoms with Crippen molar-refractivity contribution in [3.8, 4) is 0 Å². The minimum atomic E-state index is -4.40. The molecule has 0 saturated heterocycles. The van der Waals surface area contributed by atoms with Gasteiger partial charge in [-0.05, 0) is 31.0 Å². The first kappa shape index (κ1) is 18.1. The minimum Gasteiger partial charge on any atom is -0.386 e. The number of hydrogen-bond donors (Lipinski definition) is 2. The average Bonchev–Trinajstić information content (AvgIpc) is 3.06. The van der Waals surface area contributed by atoms with Crippen molar-refractivity contribution in [1.82, 2.24) is 19.6 Å². The SMILES string of the molecule is CCC(Nc1cc(C)nc2ncnn12)C(O)c1ccc(C(F)(F)F)cc1. The smallest absolute Gasteiger partial charge is 0.386 e. The van der Waals surface area contributed by atoms with Gasteiger partial charge in [0.25, 0.3) is 5.78 Å². The van der Waals surface area contributed by atoms with Gasteiger partial charge in [0.2, 0.25) is 0 Å². The zero-order valence-electron chi connectivity index (χ0n) is 14.2. The van der Waals surface area contributed by atoms with Gasteiger partial charge in [0.15, 0.2) is 0 Å². The second kappa shape index (κ2) is 6.91. The number of rotatable bonds is 5. The Kier molecular flexibility index (Phi) is 4.82. The van der Waals surface area contributed by atoms with Crippen molar-refractivity contribution in [3.05, 3.63) is 53.5 Å². The average molecular weight is 365 g/mol. The molecule has 0 spiro atoms. The number of aliphatic hydroxyl groups is 1. The number of fused-ring (bicyclic) bond motifs is 1. The number of aliphatic hydroxyl groups excluding tert-OH is 1. The van der Waals surface area contributed by atoms with E-state index >= 15 is 0 Å². The van der Waals surface area contributed by atoms with Gasteiger partial charge in [-0.15, -0.1) is 0 Å². The second-order valence-corrected chi connectivity index (χ2v) is 5.98. The molecule has 9 heteroatoms. The van der Waals surface area contributed by atoms with Gasteiger partial charge in [-0.1, -0.05) is 19.1 Å². The van der Waals surface area contributed by atoms with Gasteiger partial charge in [0.1, 0.15) is 12.1 Å². The molecule has 0 bridgehead atoms. The summed E-state index contributed by atoms with van der Waals surface area (Å²) in [4.78, 5) is 8.29. The van der Waals surface area contributed by atoms with Crippen molar-refractivity contribution >= 4 is 11.6 Å². The fraction of sp³-hybridized carbons (Fsp3) is 0.353. The maximum Gasteiger partial charge on any atom is 0.416 e. The van der Waals surface area contributed by atoms with Crippen LogP contribution in [0.1, 0.15) is 36.3 Å². The molecule has 26 heavy (non-hydrogen) atoms. The quantitative estimate of drug-likeness (QED) is 0.725. The molecular weight excluding hydrogens is 347 g/mol. The molecule has 3 aromatic rings. The van der Waals surface area contributed by atoms with Crippen molar-refractivity contribution < 1.29 is 18.3 Å². The van der Waals surface area contributed by atoms with Gasteiger partial charge >= 0.3 is 6.18 Å². The fourth-order valence-corrected chi connectivity index (χ4v) is 2.73. The number of halogens is 3. The standard InChI is InChI=1S/C17H18F3N5O/c1-3-13(15(26)11-4-6-12(7-5-11)17(18,19)20)24-14-8-10(2)23-16-21-9-22-25(14)16/h4-9,13,15,24,26H,3H2,1-2H3. The van der Waals surface area contributed by atoms with E-state index in [1.807, 2.05) is 13.8 Å². The van der Waals surface area contributed by atoms with Crippen molar-refractivity contribution in [2.45, 2.75) is 38.6 Å². The van der Waals surface area contributed by atoms with Crippen LogP contribution in [0.25, 0.3) is 5.78 Å².